The zero-order chi connectivity index (χ0) is 11.3. The van der Waals surface area contributed by atoms with Crippen molar-refractivity contribution >= 4 is 5.78 Å². The number of aryl methyl sites for hydroxylation is 2. The summed E-state index contributed by atoms with van der Waals surface area (Å²) in [7, 11) is 0. The third-order valence-electron chi connectivity index (χ3n) is 2.53. The topological polar surface area (TPSA) is 30.0 Å². The molecule has 0 saturated heterocycles. The summed E-state index contributed by atoms with van der Waals surface area (Å²) in [6, 6.07) is 3.80. The smallest absolute Gasteiger partial charge is 0.164 e. The lowest BCUT2D eigenvalue weighted by Crippen LogP contribution is -2.03. The van der Waals surface area contributed by atoms with Crippen molar-refractivity contribution in [3.63, 3.8) is 0 Å². The number of pyridine rings is 1. The molecule has 0 fully saturated rings. The predicted molar refractivity (Wildman–Crippen MR) is 62.2 cm³/mol. The van der Waals surface area contributed by atoms with Crippen molar-refractivity contribution in [3.8, 4) is 0 Å². The number of hydrogen-bond acceptors (Lipinski definition) is 2. The van der Waals surface area contributed by atoms with Crippen LogP contribution in [0.2, 0.25) is 0 Å². The van der Waals surface area contributed by atoms with E-state index in [0.29, 0.717) is 6.42 Å². The van der Waals surface area contributed by atoms with Crippen LogP contribution in [-0.4, -0.2) is 10.8 Å². The zero-order valence-corrected chi connectivity index (χ0v) is 9.84. The number of ketones is 1. The Morgan fingerprint density at radius 3 is 2.60 bits per heavy atom. The van der Waals surface area contributed by atoms with E-state index in [9.17, 15) is 4.79 Å². The second-order valence-electron chi connectivity index (χ2n) is 3.97. The van der Waals surface area contributed by atoms with Crippen molar-refractivity contribution in [1.82, 2.24) is 4.98 Å². The fourth-order valence-corrected chi connectivity index (χ4v) is 1.65. The average Bonchev–Trinajstić information content (AvgIpc) is 2.17. The van der Waals surface area contributed by atoms with Crippen LogP contribution in [0.3, 0.4) is 0 Å². The normalized spacial score (nSPS) is 10.3. The van der Waals surface area contributed by atoms with Crippen LogP contribution in [0.1, 0.15) is 54.4 Å². The van der Waals surface area contributed by atoms with Gasteiger partial charge in [-0.15, -0.1) is 0 Å². The van der Waals surface area contributed by atoms with Crippen molar-refractivity contribution < 1.29 is 4.79 Å². The molecular formula is C13H19NO. The number of nitrogens with zero attached hydrogens (tertiary/aromatic N) is 1. The van der Waals surface area contributed by atoms with Gasteiger partial charge in [0.1, 0.15) is 0 Å². The largest absolute Gasteiger partial charge is 0.294 e. The number of aromatic nitrogens is 1. The Kier molecular flexibility index (Phi) is 4.47. The summed E-state index contributed by atoms with van der Waals surface area (Å²) in [4.78, 5) is 16.1. The summed E-state index contributed by atoms with van der Waals surface area (Å²) in [6.07, 6.45) is 3.92. The van der Waals surface area contributed by atoms with E-state index in [0.717, 1.165) is 36.2 Å². The molecule has 0 saturated carbocycles. The van der Waals surface area contributed by atoms with Gasteiger partial charge in [-0.05, 0) is 32.4 Å². The van der Waals surface area contributed by atoms with Gasteiger partial charge in [-0.1, -0.05) is 19.8 Å². The quantitative estimate of drug-likeness (QED) is 0.544. The molecule has 2 nitrogen and oxygen atoms in total. The van der Waals surface area contributed by atoms with Crippen molar-refractivity contribution in [2.75, 3.05) is 0 Å². The molecule has 1 rings (SSSR count). The molecule has 0 aliphatic carbocycles. The van der Waals surface area contributed by atoms with E-state index in [-0.39, 0.29) is 5.78 Å². The summed E-state index contributed by atoms with van der Waals surface area (Å²) in [5.74, 6) is 0.230. The average molecular weight is 205 g/mol. The van der Waals surface area contributed by atoms with Crippen LogP contribution in [0, 0.1) is 13.8 Å². The van der Waals surface area contributed by atoms with E-state index >= 15 is 0 Å². The Morgan fingerprint density at radius 2 is 2.00 bits per heavy atom. The number of carbonyl (C=O) groups is 1. The van der Waals surface area contributed by atoms with Crippen molar-refractivity contribution in [2.45, 2.75) is 46.5 Å². The monoisotopic (exact) mass is 205 g/mol. The molecule has 0 aliphatic rings. The minimum absolute atomic E-state index is 0.230. The van der Waals surface area contributed by atoms with Gasteiger partial charge in [-0.2, -0.15) is 0 Å². The molecule has 0 N–H and O–H groups in total. The number of unbranched alkanes of at least 4 members (excludes halogenated alkanes) is 2. The maximum atomic E-state index is 11.8. The molecule has 15 heavy (non-hydrogen) atoms. The third kappa shape index (κ3) is 3.46. The first-order valence-corrected chi connectivity index (χ1v) is 5.62. The SMILES string of the molecule is CCCCCC(=O)c1ccc(C)nc1C. The molecule has 0 unspecified atom stereocenters. The highest BCUT2D eigenvalue weighted by Gasteiger charge is 2.09. The number of Topliss-reactive ketones (excluding diaryl/α,β-unsaturated/α-hetero) is 1. The Bertz CT molecular complexity index is 344. The molecule has 0 aliphatic heterocycles. The number of rotatable bonds is 5. The van der Waals surface area contributed by atoms with Gasteiger partial charge in [0.05, 0.1) is 0 Å². The van der Waals surface area contributed by atoms with Gasteiger partial charge >= 0.3 is 0 Å². The number of carbonyl (C=O) groups excluding carboxylic acids is 1. The maximum Gasteiger partial charge on any atom is 0.164 e. The summed E-state index contributed by atoms with van der Waals surface area (Å²) in [5.41, 5.74) is 2.62. The number of hydrogen-bond donors (Lipinski definition) is 0. The van der Waals surface area contributed by atoms with Gasteiger partial charge < -0.3 is 0 Å². The molecule has 0 aromatic carbocycles. The molecule has 82 valence electrons. The van der Waals surface area contributed by atoms with Crippen LogP contribution < -0.4 is 0 Å². The van der Waals surface area contributed by atoms with Crippen molar-refractivity contribution in [2.24, 2.45) is 0 Å². The lowest BCUT2D eigenvalue weighted by atomic mass is 10.0. The first-order valence-electron chi connectivity index (χ1n) is 5.62. The second kappa shape index (κ2) is 5.64. The fraction of sp³-hybridized carbons (Fsp3) is 0.538. The molecule has 0 atom stereocenters. The summed E-state index contributed by atoms with van der Waals surface area (Å²) in [5, 5.41) is 0. The Labute approximate surface area is 91.7 Å². The maximum absolute atomic E-state index is 11.8. The van der Waals surface area contributed by atoms with Crippen LogP contribution >= 0.6 is 0 Å². The molecule has 2 heteroatoms. The van der Waals surface area contributed by atoms with Crippen molar-refractivity contribution in [1.29, 1.82) is 0 Å². The molecule has 0 amide bonds. The van der Waals surface area contributed by atoms with Crippen molar-refractivity contribution in [3.05, 3.63) is 29.1 Å². The minimum atomic E-state index is 0.230. The van der Waals surface area contributed by atoms with E-state index in [2.05, 4.69) is 11.9 Å². The molecule has 0 bridgehead atoms. The van der Waals surface area contributed by atoms with Gasteiger partial charge in [0, 0.05) is 23.4 Å². The minimum Gasteiger partial charge on any atom is -0.294 e. The molecule has 1 aromatic rings. The highest BCUT2D eigenvalue weighted by atomic mass is 16.1. The first-order chi connectivity index (χ1) is 7.15. The van der Waals surface area contributed by atoms with E-state index in [4.69, 9.17) is 0 Å². The molecular weight excluding hydrogens is 186 g/mol. The third-order valence-corrected chi connectivity index (χ3v) is 2.53. The zero-order valence-electron chi connectivity index (χ0n) is 9.84. The van der Waals surface area contributed by atoms with Gasteiger partial charge in [0.25, 0.3) is 0 Å². The van der Waals surface area contributed by atoms with E-state index in [1.807, 2.05) is 26.0 Å². The van der Waals surface area contributed by atoms with E-state index < -0.39 is 0 Å². The van der Waals surface area contributed by atoms with E-state index in [1.54, 1.807) is 0 Å². The van der Waals surface area contributed by atoms with Crippen LogP contribution in [0.25, 0.3) is 0 Å². The lowest BCUT2D eigenvalue weighted by molar-refractivity contribution is 0.0978. The predicted octanol–water partition coefficient (Wildman–Crippen LogP) is 3.46. The highest BCUT2D eigenvalue weighted by Crippen LogP contribution is 2.11. The molecule has 1 heterocycles. The molecule has 0 spiro atoms. The second-order valence-corrected chi connectivity index (χ2v) is 3.97. The van der Waals surface area contributed by atoms with Gasteiger partial charge in [0.2, 0.25) is 0 Å². The summed E-state index contributed by atoms with van der Waals surface area (Å²) < 4.78 is 0. The first kappa shape index (κ1) is 11.9. The molecule has 0 radical (unpaired) electrons. The van der Waals surface area contributed by atoms with Crippen LogP contribution in [0.4, 0.5) is 0 Å². The summed E-state index contributed by atoms with van der Waals surface area (Å²) in [6.45, 7) is 5.99. The Morgan fingerprint density at radius 1 is 1.27 bits per heavy atom. The highest BCUT2D eigenvalue weighted by molar-refractivity contribution is 5.96. The van der Waals surface area contributed by atoms with Gasteiger partial charge in [0.15, 0.2) is 5.78 Å². The Balaban J connectivity index is 2.65. The van der Waals surface area contributed by atoms with Crippen LogP contribution in [0.15, 0.2) is 12.1 Å². The van der Waals surface area contributed by atoms with Crippen LogP contribution in [-0.2, 0) is 0 Å². The molecule has 1 aromatic heterocycles. The van der Waals surface area contributed by atoms with Gasteiger partial charge in [-0.25, -0.2) is 0 Å². The fourth-order valence-electron chi connectivity index (χ4n) is 1.65. The van der Waals surface area contributed by atoms with Crippen LogP contribution in [0.5, 0.6) is 0 Å². The van der Waals surface area contributed by atoms with Gasteiger partial charge in [-0.3, -0.25) is 9.78 Å². The standard InChI is InChI=1S/C13H19NO/c1-4-5-6-7-13(15)12-9-8-10(2)14-11(12)3/h8-9H,4-7H2,1-3H3. The summed E-state index contributed by atoms with van der Waals surface area (Å²) >= 11 is 0. The van der Waals surface area contributed by atoms with E-state index in [1.165, 1.54) is 0 Å². The Hall–Kier alpha value is -1.18. The lowest BCUT2D eigenvalue weighted by Gasteiger charge is -2.04.